The molecule has 210 valence electrons. The van der Waals surface area contributed by atoms with Gasteiger partial charge in [0.2, 0.25) is 0 Å². The van der Waals surface area contributed by atoms with Gasteiger partial charge >= 0.3 is 0 Å². The minimum atomic E-state index is -0.360. The molecule has 3 N–H and O–H groups in total. The molecule has 9 nitrogen and oxygen atoms in total. The van der Waals surface area contributed by atoms with Crippen LogP contribution in [0.2, 0.25) is 0 Å². The Balaban J connectivity index is -0.000000508. The van der Waals surface area contributed by atoms with Gasteiger partial charge in [-0.1, -0.05) is 52.0 Å². The molecule has 0 saturated carbocycles. The molecule has 38 heavy (non-hydrogen) atoms. The highest BCUT2D eigenvalue weighted by Gasteiger charge is 2.31. The van der Waals surface area contributed by atoms with Crippen molar-refractivity contribution in [1.82, 2.24) is 10.5 Å². The van der Waals surface area contributed by atoms with Gasteiger partial charge in [-0.15, -0.1) is 0 Å². The molecule has 0 aromatic heterocycles. The van der Waals surface area contributed by atoms with Crippen LogP contribution in [0.5, 0.6) is 0 Å². The molecule has 1 aliphatic rings. The quantitative estimate of drug-likeness (QED) is 0.371. The third-order valence-electron chi connectivity index (χ3n) is 3.91. The van der Waals surface area contributed by atoms with E-state index in [2.05, 4.69) is 50.0 Å². The van der Waals surface area contributed by atoms with Crippen LogP contribution in [-0.2, 0) is 19.2 Å². The molecule has 1 fully saturated rings. The van der Waals surface area contributed by atoms with Crippen molar-refractivity contribution in [2.45, 2.75) is 47.1 Å². The Morgan fingerprint density at radius 2 is 1.50 bits per heavy atom. The summed E-state index contributed by atoms with van der Waals surface area (Å²) in [6.45, 7) is 14.7. The van der Waals surface area contributed by atoms with E-state index in [-0.39, 0.29) is 17.8 Å². The molecule has 0 amide bonds. The predicted octanol–water partition coefficient (Wildman–Crippen LogP) is 4.69. The number of nitriles is 1. The average molecular weight is 532 g/mol. The molecule has 1 aliphatic heterocycles. The number of aldehydes is 2. The Labute approximate surface area is 226 Å². The fourth-order valence-electron chi connectivity index (χ4n) is 2.52. The zero-order chi connectivity index (χ0) is 30.0. The van der Waals surface area contributed by atoms with Crippen molar-refractivity contribution < 1.29 is 23.6 Å². The number of benzene rings is 2. The van der Waals surface area contributed by atoms with E-state index in [0.29, 0.717) is 24.1 Å². The van der Waals surface area contributed by atoms with E-state index in [1.807, 2.05) is 51.0 Å². The van der Waals surface area contributed by atoms with E-state index in [9.17, 15) is 9.18 Å². The van der Waals surface area contributed by atoms with Crippen molar-refractivity contribution in [1.29, 1.82) is 5.26 Å². The highest BCUT2D eigenvalue weighted by Crippen LogP contribution is 2.19. The molecular formula is C28H42FN5O4. The number of anilines is 2. The lowest BCUT2D eigenvalue weighted by molar-refractivity contribution is -0.111. The Bertz CT molecular complexity index is 896. The van der Waals surface area contributed by atoms with Crippen LogP contribution in [0.3, 0.4) is 0 Å². The van der Waals surface area contributed by atoms with Gasteiger partial charge in [-0.25, -0.2) is 9.40 Å². The zero-order valence-corrected chi connectivity index (χ0v) is 23.2. The number of carbonyl (C=O) groups excluding carboxylic acids is 4. The molecule has 0 spiro atoms. The number of rotatable bonds is 5. The molecule has 2 aromatic carbocycles. The molecular weight excluding hydrogens is 489 g/mol. The van der Waals surface area contributed by atoms with Crippen LogP contribution in [0.1, 0.15) is 41.0 Å². The van der Waals surface area contributed by atoms with E-state index in [4.69, 9.17) is 19.6 Å². The number of nitrogens with zero attached hydrogens (tertiary/aromatic N) is 2. The second kappa shape index (κ2) is 24.7. The Kier molecular flexibility index (Phi) is 25.1. The first-order valence-electron chi connectivity index (χ1n) is 11.7. The van der Waals surface area contributed by atoms with Crippen LogP contribution in [0, 0.1) is 28.5 Å². The molecule has 0 radical (unpaired) electrons. The van der Waals surface area contributed by atoms with E-state index in [1.165, 1.54) is 19.1 Å². The first-order valence-corrected chi connectivity index (χ1v) is 11.7. The van der Waals surface area contributed by atoms with Crippen LogP contribution >= 0.6 is 0 Å². The van der Waals surface area contributed by atoms with Crippen LogP contribution in [0.25, 0.3) is 0 Å². The van der Waals surface area contributed by atoms with Gasteiger partial charge in [0.25, 0.3) is 0 Å². The predicted molar refractivity (Wildman–Crippen MR) is 151 cm³/mol. The van der Waals surface area contributed by atoms with Gasteiger partial charge in [0, 0.05) is 25.2 Å². The third-order valence-corrected chi connectivity index (χ3v) is 3.91. The molecule has 1 heterocycles. The molecule has 1 saturated heterocycles. The average Bonchev–Trinajstić information content (AvgIpc) is 3.33. The minimum Gasteiger partial charge on any atom is -0.388 e. The van der Waals surface area contributed by atoms with Crippen LogP contribution in [-0.4, -0.2) is 50.8 Å². The van der Waals surface area contributed by atoms with Crippen LogP contribution < -0.4 is 16.3 Å². The zero-order valence-electron chi connectivity index (χ0n) is 23.2. The topological polar surface area (TPSA) is 131 Å². The number of para-hydroxylation sites is 1. The maximum atomic E-state index is 12.9. The number of hydrazine groups is 2. The highest BCUT2D eigenvalue weighted by atomic mass is 19.1. The molecule has 2 atom stereocenters. The number of hydrogen-bond acceptors (Lipinski definition) is 9. The standard InChI is InChI=1S/C12H13FN4O.C7H9N.C5H12.C2H4O.2CH2O/c13-10-2-1-3-11(5-10)15-16-17-7-9(8-18)4-12(17)6-14;1-8-7-5-3-2-4-6-7;1-5(2,3)4;1-2-3;2*1-2/h1-3,5,8-9,12,15-16H,4,7H2;2-6,8H,1H3;1-4H3;2H,1H3;2*1H2. The molecule has 10 heteroatoms. The number of halogens is 1. The molecule has 0 aliphatic carbocycles. The first kappa shape index (κ1) is 38.6. The molecule has 2 aromatic rings. The summed E-state index contributed by atoms with van der Waals surface area (Å²) < 4.78 is 12.9. The van der Waals surface area contributed by atoms with Crippen molar-refractivity contribution in [3.63, 3.8) is 0 Å². The summed E-state index contributed by atoms with van der Waals surface area (Å²) in [5, 5.41) is 13.6. The van der Waals surface area contributed by atoms with Gasteiger partial charge in [-0.3, -0.25) is 0 Å². The molecule has 3 rings (SSSR count). The summed E-state index contributed by atoms with van der Waals surface area (Å²) in [6.07, 6.45) is 2.12. The van der Waals surface area contributed by atoms with Gasteiger partial charge in [0.15, 0.2) is 0 Å². The summed E-state index contributed by atoms with van der Waals surface area (Å²) >= 11 is 0. The SMILES string of the molecule is C=O.C=O.CC(C)(C)C.CC=O.CNc1ccccc1.N#CC1CC(C=O)CN1NNc1cccc(F)c1. The van der Waals surface area contributed by atoms with E-state index >= 15 is 0 Å². The van der Waals surface area contributed by atoms with E-state index in [1.54, 1.807) is 17.1 Å². The summed E-state index contributed by atoms with van der Waals surface area (Å²) in [6, 6.07) is 17.8. The van der Waals surface area contributed by atoms with E-state index < -0.39 is 0 Å². The molecule has 2 unspecified atom stereocenters. The highest BCUT2D eigenvalue weighted by molar-refractivity contribution is 5.55. The van der Waals surface area contributed by atoms with Gasteiger partial charge < -0.3 is 29.9 Å². The van der Waals surface area contributed by atoms with Crippen molar-refractivity contribution in [2.75, 3.05) is 24.3 Å². The number of nitrogens with one attached hydrogen (secondary N) is 3. The van der Waals surface area contributed by atoms with Gasteiger partial charge in [-0.2, -0.15) is 10.8 Å². The molecule has 0 bridgehead atoms. The second-order valence-electron chi connectivity index (χ2n) is 9.03. The number of hydrogen-bond donors (Lipinski definition) is 3. The van der Waals surface area contributed by atoms with Crippen LogP contribution in [0.4, 0.5) is 15.8 Å². The fraction of sp³-hybridized carbons (Fsp3) is 0.393. The first-order chi connectivity index (χ1) is 18.1. The normalized spacial score (nSPS) is 15.1. The lowest BCUT2D eigenvalue weighted by Crippen LogP contribution is -2.44. The van der Waals surface area contributed by atoms with Gasteiger partial charge in [0.1, 0.15) is 38.0 Å². The van der Waals surface area contributed by atoms with Crippen LogP contribution in [0.15, 0.2) is 54.6 Å². The maximum absolute atomic E-state index is 12.9. The third kappa shape index (κ3) is 22.5. The fourth-order valence-corrected chi connectivity index (χ4v) is 2.52. The minimum absolute atomic E-state index is 0.142. The van der Waals surface area contributed by atoms with Crippen molar-refractivity contribution in [3.8, 4) is 6.07 Å². The number of carbonyl (C=O) groups is 4. The van der Waals surface area contributed by atoms with Gasteiger partial charge in [0.05, 0.1) is 11.8 Å². The van der Waals surface area contributed by atoms with Gasteiger partial charge in [-0.05, 0) is 49.1 Å². The van der Waals surface area contributed by atoms with Crippen molar-refractivity contribution >= 4 is 37.5 Å². The smallest absolute Gasteiger partial charge is 0.125 e. The maximum Gasteiger partial charge on any atom is 0.125 e. The Morgan fingerprint density at radius 1 is 1.00 bits per heavy atom. The monoisotopic (exact) mass is 531 g/mol. The summed E-state index contributed by atoms with van der Waals surface area (Å²) in [7, 11) is 1.91. The second-order valence-corrected chi connectivity index (χ2v) is 9.03. The Hall–Kier alpha value is -3.94. The lowest BCUT2D eigenvalue weighted by atomic mass is 10.0. The van der Waals surface area contributed by atoms with Crippen molar-refractivity contribution in [3.05, 3.63) is 60.4 Å². The summed E-state index contributed by atoms with van der Waals surface area (Å²) in [4.78, 5) is 35.5. The summed E-state index contributed by atoms with van der Waals surface area (Å²) in [5.74, 6) is -0.484. The van der Waals surface area contributed by atoms with Crippen molar-refractivity contribution in [2.24, 2.45) is 11.3 Å². The lowest BCUT2D eigenvalue weighted by Gasteiger charge is -2.21. The largest absolute Gasteiger partial charge is 0.388 e. The van der Waals surface area contributed by atoms with E-state index in [0.717, 1.165) is 18.3 Å². The Morgan fingerprint density at radius 3 is 1.89 bits per heavy atom. The summed E-state index contributed by atoms with van der Waals surface area (Å²) in [5.41, 5.74) is 7.85.